The van der Waals surface area contributed by atoms with Gasteiger partial charge in [-0.2, -0.15) is 0 Å². The Bertz CT molecular complexity index is 620. The first-order chi connectivity index (χ1) is 11.6. The van der Waals surface area contributed by atoms with Crippen molar-refractivity contribution >= 4 is 11.8 Å². The van der Waals surface area contributed by atoms with E-state index in [9.17, 15) is 9.59 Å². The highest BCUT2D eigenvalue weighted by Gasteiger charge is 2.52. The largest absolute Gasteiger partial charge is 0.459 e. The van der Waals surface area contributed by atoms with Crippen molar-refractivity contribution in [2.24, 2.45) is 5.92 Å². The normalized spacial score (nSPS) is 26.2. The molecule has 0 radical (unpaired) electrons. The number of ether oxygens (including phenoxy) is 1. The minimum absolute atomic E-state index is 0.00772. The molecule has 2 saturated heterocycles. The molecule has 3 aliphatic rings. The molecule has 1 spiro atoms. The smallest absolute Gasteiger partial charge is 0.289 e. The van der Waals surface area contributed by atoms with E-state index in [-0.39, 0.29) is 23.5 Å². The van der Waals surface area contributed by atoms with E-state index in [2.05, 4.69) is 10.2 Å². The first-order valence-electron chi connectivity index (χ1n) is 8.53. The van der Waals surface area contributed by atoms with Crippen molar-refractivity contribution in [3.8, 4) is 0 Å². The highest BCUT2D eigenvalue weighted by Crippen LogP contribution is 2.36. The van der Waals surface area contributed by atoms with Crippen molar-refractivity contribution in [3.63, 3.8) is 0 Å². The van der Waals surface area contributed by atoms with Gasteiger partial charge < -0.3 is 19.4 Å². The molecule has 3 fully saturated rings. The monoisotopic (exact) mass is 333 g/mol. The van der Waals surface area contributed by atoms with Crippen molar-refractivity contribution in [1.29, 1.82) is 0 Å². The number of furan rings is 1. The minimum atomic E-state index is -0.346. The quantitative estimate of drug-likeness (QED) is 0.859. The Labute approximate surface area is 140 Å². The molecular formula is C17H23N3O4. The van der Waals surface area contributed by atoms with E-state index in [1.54, 1.807) is 24.1 Å². The third-order valence-corrected chi connectivity index (χ3v) is 5.20. The number of carbonyl (C=O) groups excluding carboxylic acids is 2. The molecule has 7 heteroatoms. The average Bonchev–Trinajstić information content (AvgIpc) is 3.20. The maximum Gasteiger partial charge on any atom is 0.289 e. The van der Waals surface area contributed by atoms with Gasteiger partial charge in [-0.3, -0.25) is 14.5 Å². The molecule has 1 N–H and O–H groups in total. The Morgan fingerprint density at radius 1 is 1.33 bits per heavy atom. The van der Waals surface area contributed by atoms with Crippen molar-refractivity contribution in [2.45, 2.75) is 24.5 Å². The lowest BCUT2D eigenvalue weighted by Gasteiger charge is -2.55. The summed E-state index contributed by atoms with van der Waals surface area (Å²) in [5.74, 6) is 0.969. The van der Waals surface area contributed by atoms with Gasteiger partial charge >= 0.3 is 0 Å². The number of morpholine rings is 1. The summed E-state index contributed by atoms with van der Waals surface area (Å²) in [6, 6.07) is 3.16. The number of nitrogens with one attached hydrogen (secondary N) is 1. The molecule has 7 nitrogen and oxygen atoms in total. The Morgan fingerprint density at radius 3 is 2.75 bits per heavy atom. The molecule has 1 aromatic rings. The van der Waals surface area contributed by atoms with Crippen LogP contribution in [0, 0.1) is 5.92 Å². The molecule has 0 bridgehead atoms. The summed E-state index contributed by atoms with van der Waals surface area (Å²) in [6.45, 7) is 3.12. The molecule has 0 unspecified atom stereocenters. The van der Waals surface area contributed by atoms with Crippen molar-refractivity contribution in [3.05, 3.63) is 24.2 Å². The lowest BCUT2D eigenvalue weighted by molar-refractivity contribution is -0.192. The van der Waals surface area contributed by atoms with Crippen molar-refractivity contribution in [2.75, 3.05) is 39.8 Å². The Morgan fingerprint density at radius 2 is 2.12 bits per heavy atom. The molecule has 24 heavy (non-hydrogen) atoms. The first kappa shape index (κ1) is 15.7. The van der Waals surface area contributed by atoms with Gasteiger partial charge in [-0.05, 0) is 30.9 Å². The van der Waals surface area contributed by atoms with Crippen molar-refractivity contribution < 1.29 is 18.7 Å². The second-order valence-corrected chi connectivity index (χ2v) is 7.14. The van der Waals surface area contributed by atoms with Gasteiger partial charge in [-0.1, -0.05) is 0 Å². The van der Waals surface area contributed by atoms with E-state index in [0.29, 0.717) is 37.9 Å². The maximum atomic E-state index is 12.3. The fraction of sp³-hybridized carbons (Fsp3) is 0.647. The Balaban J connectivity index is 1.40. The second-order valence-electron chi connectivity index (χ2n) is 7.14. The molecule has 0 aromatic carbocycles. The lowest BCUT2D eigenvalue weighted by Crippen LogP contribution is -2.73. The SMILES string of the molecule is CNC(=O)[C@H]1COC2(CN(C(=O)c3ccco3)C2)CN1CC1CC1. The molecule has 1 saturated carbocycles. The van der Waals surface area contributed by atoms with Crippen LogP contribution in [0.1, 0.15) is 23.4 Å². The summed E-state index contributed by atoms with van der Waals surface area (Å²) >= 11 is 0. The van der Waals surface area contributed by atoms with Gasteiger partial charge in [0.15, 0.2) is 5.76 Å². The van der Waals surface area contributed by atoms with Gasteiger partial charge in [0, 0.05) is 20.1 Å². The third kappa shape index (κ3) is 2.82. The van der Waals surface area contributed by atoms with Crippen LogP contribution in [0.15, 0.2) is 22.8 Å². The van der Waals surface area contributed by atoms with Gasteiger partial charge in [0.2, 0.25) is 5.91 Å². The van der Waals surface area contributed by atoms with Crippen LogP contribution in [0.5, 0.6) is 0 Å². The highest BCUT2D eigenvalue weighted by atomic mass is 16.5. The zero-order valence-corrected chi connectivity index (χ0v) is 13.9. The topological polar surface area (TPSA) is 75.0 Å². The minimum Gasteiger partial charge on any atom is -0.459 e. The Kier molecular flexibility index (Phi) is 3.85. The van der Waals surface area contributed by atoms with Crippen LogP contribution in [0.4, 0.5) is 0 Å². The number of likely N-dealkylation sites (tertiary alicyclic amines) is 1. The summed E-state index contributed by atoms with van der Waals surface area (Å²) in [6.07, 6.45) is 3.99. The summed E-state index contributed by atoms with van der Waals surface area (Å²) in [5.41, 5.74) is -0.346. The molecule has 3 heterocycles. The second kappa shape index (κ2) is 5.89. The molecular weight excluding hydrogens is 310 g/mol. The standard InChI is InChI=1S/C17H23N3O4/c1-18-15(21)13-8-24-17(9-19(13)7-12-4-5-12)10-20(11-17)16(22)14-3-2-6-23-14/h2-3,6,12-13H,4-5,7-11H2,1H3,(H,18,21)/t13-/m1/s1. The van der Waals surface area contributed by atoms with Gasteiger partial charge in [-0.15, -0.1) is 0 Å². The summed E-state index contributed by atoms with van der Waals surface area (Å²) < 4.78 is 11.2. The molecule has 1 aromatic heterocycles. The number of likely N-dealkylation sites (N-methyl/N-ethyl adjacent to an activating group) is 1. The predicted octanol–water partition coefficient (Wildman–Crippen LogP) is 0.331. The van der Waals surface area contributed by atoms with Gasteiger partial charge in [0.25, 0.3) is 5.91 Å². The summed E-state index contributed by atoms with van der Waals surface area (Å²) in [4.78, 5) is 28.4. The summed E-state index contributed by atoms with van der Waals surface area (Å²) in [7, 11) is 1.66. The highest BCUT2D eigenvalue weighted by molar-refractivity contribution is 5.92. The molecule has 2 aliphatic heterocycles. The third-order valence-electron chi connectivity index (χ3n) is 5.20. The summed E-state index contributed by atoms with van der Waals surface area (Å²) in [5, 5.41) is 2.73. The van der Waals surface area contributed by atoms with Crippen LogP contribution in [0.25, 0.3) is 0 Å². The van der Waals surface area contributed by atoms with E-state index in [0.717, 1.165) is 6.54 Å². The lowest BCUT2D eigenvalue weighted by atomic mass is 9.90. The van der Waals surface area contributed by atoms with Crippen LogP contribution in [-0.2, 0) is 9.53 Å². The number of rotatable bonds is 4. The fourth-order valence-corrected chi connectivity index (χ4v) is 3.66. The van der Waals surface area contributed by atoms with E-state index in [1.807, 2.05) is 0 Å². The Hall–Kier alpha value is -1.86. The van der Waals surface area contributed by atoms with Crippen LogP contribution < -0.4 is 5.32 Å². The number of hydrogen-bond acceptors (Lipinski definition) is 5. The molecule has 4 rings (SSSR count). The van der Waals surface area contributed by atoms with Crippen LogP contribution in [0.2, 0.25) is 0 Å². The van der Waals surface area contributed by atoms with Gasteiger partial charge in [0.1, 0.15) is 11.6 Å². The maximum absolute atomic E-state index is 12.3. The first-order valence-corrected chi connectivity index (χ1v) is 8.53. The molecule has 2 amide bonds. The van der Waals surface area contributed by atoms with Crippen molar-refractivity contribution in [1.82, 2.24) is 15.1 Å². The van der Waals surface area contributed by atoms with Gasteiger partial charge in [0.05, 0.1) is 26.0 Å². The zero-order chi connectivity index (χ0) is 16.7. The van der Waals surface area contributed by atoms with Crippen LogP contribution >= 0.6 is 0 Å². The van der Waals surface area contributed by atoms with E-state index in [4.69, 9.17) is 9.15 Å². The van der Waals surface area contributed by atoms with E-state index >= 15 is 0 Å². The number of carbonyl (C=O) groups is 2. The fourth-order valence-electron chi connectivity index (χ4n) is 3.66. The molecule has 130 valence electrons. The molecule has 1 aliphatic carbocycles. The number of nitrogens with zero attached hydrogens (tertiary/aromatic N) is 2. The number of amides is 2. The van der Waals surface area contributed by atoms with Crippen LogP contribution in [0.3, 0.4) is 0 Å². The number of hydrogen-bond donors (Lipinski definition) is 1. The predicted molar refractivity (Wildman–Crippen MR) is 85.4 cm³/mol. The van der Waals surface area contributed by atoms with E-state index < -0.39 is 0 Å². The van der Waals surface area contributed by atoms with Gasteiger partial charge in [-0.25, -0.2) is 0 Å². The zero-order valence-electron chi connectivity index (χ0n) is 13.9. The molecule has 1 atom stereocenters. The van der Waals surface area contributed by atoms with E-state index in [1.165, 1.54) is 19.1 Å². The van der Waals surface area contributed by atoms with Crippen LogP contribution in [-0.4, -0.2) is 73.1 Å². The average molecular weight is 333 g/mol.